The minimum Gasteiger partial charge on any atom is -0.341 e. The number of halogens is 1. The molecule has 1 heterocycles. The van der Waals surface area contributed by atoms with E-state index in [0.29, 0.717) is 18.0 Å². The molecule has 25 heavy (non-hydrogen) atoms. The predicted octanol–water partition coefficient (Wildman–Crippen LogP) is 3.27. The molecule has 6 heteroatoms. The van der Waals surface area contributed by atoms with Gasteiger partial charge in [0.25, 0.3) is 0 Å². The van der Waals surface area contributed by atoms with E-state index in [0.717, 1.165) is 11.1 Å². The summed E-state index contributed by atoms with van der Waals surface area (Å²) in [6, 6.07) is 16.4. The van der Waals surface area contributed by atoms with E-state index in [1.54, 1.807) is 17.0 Å². The van der Waals surface area contributed by atoms with Crippen molar-refractivity contribution in [2.75, 3.05) is 18.8 Å². The molecule has 0 unspecified atom stereocenters. The maximum atomic E-state index is 12.6. The highest BCUT2D eigenvalue weighted by Crippen LogP contribution is 2.29. The predicted molar refractivity (Wildman–Crippen MR) is 99.3 cm³/mol. The summed E-state index contributed by atoms with van der Waals surface area (Å²) in [7, 11) is -3.27. The van der Waals surface area contributed by atoms with Crippen LogP contribution in [0.4, 0.5) is 0 Å². The Bertz CT molecular complexity index is 835. The largest absolute Gasteiger partial charge is 0.341 e. The van der Waals surface area contributed by atoms with Crippen molar-refractivity contribution in [1.82, 2.24) is 4.90 Å². The number of nitrogens with zero attached hydrogens (tertiary/aromatic N) is 1. The molecule has 2 aromatic rings. The highest BCUT2D eigenvalue weighted by molar-refractivity contribution is 7.91. The van der Waals surface area contributed by atoms with Crippen LogP contribution in [-0.2, 0) is 21.1 Å². The molecule has 0 spiro atoms. The fourth-order valence-electron chi connectivity index (χ4n) is 3.12. The number of benzene rings is 2. The van der Waals surface area contributed by atoms with Crippen LogP contribution in [0.25, 0.3) is 0 Å². The Balaban J connectivity index is 1.71. The second kappa shape index (κ2) is 7.58. The zero-order valence-electron chi connectivity index (χ0n) is 13.8. The lowest BCUT2D eigenvalue weighted by Gasteiger charge is -2.20. The van der Waals surface area contributed by atoms with Gasteiger partial charge in [-0.05, 0) is 29.7 Å². The van der Waals surface area contributed by atoms with Gasteiger partial charge in [0.05, 0.1) is 17.4 Å². The average molecular weight is 378 g/mol. The fourth-order valence-corrected chi connectivity index (χ4v) is 5.05. The van der Waals surface area contributed by atoms with Crippen molar-refractivity contribution >= 4 is 27.3 Å². The monoisotopic (exact) mass is 377 g/mol. The van der Waals surface area contributed by atoms with Gasteiger partial charge >= 0.3 is 0 Å². The van der Waals surface area contributed by atoms with Crippen molar-refractivity contribution in [3.8, 4) is 0 Å². The van der Waals surface area contributed by atoms with Gasteiger partial charge in [-0.2, -0.15) is 0 Å². The number of sulfone groups is 1. The number of hydrogen-bond donors (Lipinski definition) is 0. The van der Waals surface area contributed by atoms with E-state index >= 15 is 0 Å². The molecule has 132 valence electrons. The Labute approximate surface area is 153 Å². The van der Waals surface area contributed by atoms with Gasteiger partial charge in [-0.15, -0.1) is 0 Å². The van der Waals surface area contributed by atoms with E-state index in [9.17, 15) is 13.2 Å². The second-order valence-electron chi connectivity index (χ2n) is 6.24. The topological polar surface area (TPSA) is 54.5 Å². The maximum absolute atomic E-state index is 12.6. The molecule has 0 N–H and O–H groups in total. The molecule has 3 rings (SSSR count). The van der Waals surface area contributed by atoms with Gasteiger partial charge in [-0.25, -0.2) is 8.42 Å². The lowest BCUT2D eigenvalue weighted by Crippen LogP contribution is -2.34. The summed E-state index contributed by atoms with van der Waals surface area (Å²) < 4.78 is 25.2. The first-order chi connectivity index (χ1) is 12.0. The number of rotatable bonds is 3. The van der Waals surface area contributed by atoms with Gasteiger partial charge in [0, 0.05) is 18.1 Å². The number of amides is 1. The van der Waals surface area contributed by atoms with Crippen molar-refractivity contribution in [3.63, 3.8) is 0 Å². The van der Waals surface area contributed by atoms with Gasteiger partial charge in [0.1, 0.15) is 0 Å². The molecular formula is C19H20ClNO3S. The Morgan fingerprint density at radius 1 is 1.04 bits per heavy atom. The van der Waals surface area contributed by atoms with Crippen LogP contribution in [0.2, 0.25) is 5.02 Å². The Kier molecular flexibility index (Phi) is 5.45. The Morgan fingerprint density at radius 2 is 1.72 bits per heavy atom. The summed E-state index contributed by atoms with van der Waals surface area (Å²) in [5.41, 5.74) is 1.68. The molecule has 1 amide bonds. The third-order valence-corrected chi connectivity index (χ3v) is 6.91. The third-order valence-electron chi connectivity index (χ3n) is 4.53. The first-order valence-corrected chi connectivity index (χ1v) is 10.3. The van der Waals surface area contributed by atoms with Crippen molar-refractivity contribution in [2.24, 2.45) is 0 Å². The van der Waals surface area contributed by atoms with E-state index in [1.807, 2.05) is 42.5 Å². The molecule has 0 radical (unpaired) electrons. The van der Waals surface area contributed by atoms with Crippen LogP contribution in [0, 0.1) is 0 Å². The van der Waals surface area contributed by atoms with Crippen LogP contribution >= 0.6 is 11.6 Å². The average Bonchev–Trinajstić information content (AvgIpc) is 2.76. The highest BCUT2D eigenvalue weighted by Gasteiger charge is 2.32. The summed E-state index contributed by atoms with van der Waals surface area (Å²) in [5.74, 6) is -0.0509. The van der Waals surface area contributed by atoms with E-state index < -0.39 is 15.1 Å². The van der Waals surface area contributed by atoms with Crippen molar-refractivity contribution in [3.05, 3.63) is 70.7 Å². The SMILES string of the molecule is O=C(Cc1ccc(Cl)cc1)N1CC[C@@H](c2ccccc2)S(=O)(=O)CC1. The molecule has 1 aliphatic rings. The number of carbonyl (C=O) groups is 1. The van der Waals surface area contributed by atoms with Crippen LogP contribution in [-0.4, -0.2) is 38.1 Å². The van der Waals surface area contributed by atoms with Crippen LogP contribution in [0.15, 0.2) is 54.6 Å². The minimum atomic E-state index is -3.27. The summed E-state index contributed by atoms with van der Waals surface area (Å²) in [4.78, 5) is 14.2. The quantitative estimate of drug-likeness (QED) is 0.824. The second-order valence-corrected chi connectivity index (χ2v) is 8.98. The molecule has 0 aromatic heterocycles. The van der Waals surface area contributed by atoms with Crippen molar-refractivity contribution in [1.29, 1.82) is 0 Å². The molecule has 0 saturated carbocycles. The van der Waals surface area contributed by atoms with Gasteiger partial charge in [-0.1, -0.05) is 54.1 Å². The minimum absolute atomic E-state index is 0.00107. The van der Waals surface area contributed by atoms with Crippen LogP contribution < -0.4 is 0 Å². The van der Waals surface area contributed by atoms with E-state index in [4.69, 9.17) is 11.6 Å². The molecule has 1 atom stereocenters. The van der Waals surface area contributed by atoms with Crippen LogP contribution in [0.5, 0.6) is 0 Å². The molecule has 1 aliphatic heterocycles. The van der Waals surface area contributed by atoms with Gasteiger partial charge in [0.2, 0.25) is 5.91 Å². The molecule has 1 saturated heterocycles. The lowest BCUT2D eigenvalue weighted by molar-refractivity contribution is -0.130. The Morgan fingerprint density at radius 3 is 2.40 bits per heavy atom. The normalized spacial score (nSPS) is 20.0. The van der Waals surface area contributed by atoms with E-state index in [1.165, 1.54) is 0 Å². The maximum Gasteiger partial charge on any atom is 0.227 e. The van der Waals surface area contributed by atoms with Crippen LogP contribution in [0.3, 0.4) is 0 Å². The molecule has 1 fully saturated rings. The molecule has 0 bridgehead atoms. The zero-order valence-corrected chi connectivity index (χ0v) is 15.3. The van der Waals surface area contributed by atoms with Crippen molar-refractivity contribution < 1.29 is 13.2 Å². The summed E-state index contributed by atoms with van der Waals surface area (Å²) in [6.07, 6.45) is 0.686. The van der Waals surface area contributed by atoms with E-state index in [-0.39, 0.29) is 24.6 Å². The van der Waals surface area contributed by atoms with Crippen molar-refractivity contribution in [2.45, 2.75) is 18.1 Å². The van der Waals surface area contributed by atoms with Gasteiger partial charge in [0.15, 0.2) is 9.84 Å². The van der Waals surface area contributed by atoms with Gasteiger partial charge < -0.3 is 4.90 Å². The lowest BCUT2D eigenvalue weighted by atomic mass is 10.1. The number of hydrogen-bond acceptors (Lipinski definition) is 3. The first kappa shape index (κ1) is 18.0. The van der Waals surface area contributed by atoms with Gasteiger partial charge in [-0.3, -0.25) is 4.79 Å². The third kappa shape index (κ3) is 4.41. The summed E-state index contributed by atoms with van der Waals surface area (Å²) in [6.45, 7) is 0.698. The smallest absolute Gasteiger partial charge is 0.227 e. The standard InChI is InChI=1S/C19H20ClNO3S/c20-17-8-6-15(7-9-17)14-19(22)21-11-10-18(25(23,24)13-12-21)16-4-2-1-3-5-16/h1-9,18H,10-14H2/t18-/m0/s1. The Hall–Kier alpha value is -1.85. The fraction of sp³-hybridized carbons (Fsp3) is 0.316. The molecule has 0 aliphatic carbocycles. The highest BCUT2D eigenvalue weighted by atomic mass is 35.5. The van der Waals surface area contributed by atoms with Crippen LogP contribution in [0.1, 0.15) is 22.8 Å². The summed E-state index contributed by atoms with van der Waals surface area (Å²) >= 11 is 5.86. The van der Waals surface area contributed by atoms with E-state index in [2.05, 4.69) is 0 Å². The first-order valence-electron chi connectivity index (χ1n) is 8.24. The zero-order chi connectivity index (χ0) is 17.9. The molecule has 4 nitrogen and oxygen atoms in total. The molecule has 2 aromatic carbocycles. The number of carbonyl (C=O) groups excluding carboxylic acids is 1. The summed E-state index contributed by atoms with van der Waals surface area (Å²) in [5, 5.41) is 0.0878. The molecular weight excluding hydrogens is 358 g/mol.